The summed E-state index contributed by atoms with van der Waals surface area (Å²) in [6, 6.07) is 14.2. The fraction of sp³-hybridized carbons (Fsp3) is 0.188. The molecule has 0 aromatic heterocycles. The molecule has 2 amide bonds. The third-order valence-electron chi connectivity index (χ3n) is 3.55. The maximum Gasteiger partial charge on any atom is 2.00 e. The topological polar surface area (TPSA) is 68.5 Å². The second-order valence-electron chi connectivity index (χ2n) is 4.83. The molecule has 1 saturated heterocycles. The molecule has 2 aromatic carbocycles. The van der Waals surface area contributed by atoms with E-state index in [0.29, 0.717) is 12.0 Å². The number of carbonyl (C=O) groups is 2. The molecule has 0 unspecified atom stereocenters. The first-order valence-electron chi connectivity index (χ1n) is 6.46. The largest absolute Gasteiger partial charge is 2.00 e. The quantitative estimate of drug-likeness (QED) is 0.388. The van der Waals surface area contributed by atoms with Gasteiger partial charge in [0.2, 0.25) is 11.8 Å². The minimum Gasteiger partial charge on any atom is -0.858 e. The maximum absolute atomic E-state index is 11.8. The first kappa shape index (κ1) is 15.9. The molecule has 3 rings (SSSR count). The van der Waals surface area contributed by atoms with Crippen LogP contribution in [0.4, 0.5) is 0 Å². The molecule has 0 aliphatic carbocycles. The molecule has 102 valence electrons. The van der Waals surface area contributed by atoms with Crippen LogP contribution < -0.4 is 5.32 Å². The van der Waals surface area contributed by atoms with Gasteiger partial charge < -0.3 is 5.41 Å². The van der Waals surface area contributed by atoms with Crippen molar-refractivity contribution in [3.8, 4) is 0 Å². The van der Waals surface area contributed by atoms with Crippen molar-refractivity contribution in [2.45, 2.75) is 12.8 Å². The molecule has 1 aliphatic heterocycles. The van der Waals surface area contributed by atoms with Crippen molar-refractivity contribution >= 4 is 28.3 Å². The van der Waals surface area contributed by atoms with E-state index in [1.54, 1.807) is 6.07 Å². The first-order chi connectivity index (χ1) is 9.66. The van der Waals surface area contributed by atoms with Gasteiger partial charge >= 0.3 is 31.1 Å². The fourth-order valence-corrected chi connectivity index (χ4v) is 2.50. The molecular weight excluding hydrogens is 490 g/mol. The molecule has 1 heterocycles. The van der Waals surface area contributed by atoms with Gasteiger partial charge in [0, 0.05) is 12.3 Å². The normalized spacial score (nSPS) is 18.0. The van der Waals surface area contributed by atoms with Crippen LogP contribution in [0.3, 0.4) is 0 Å². The van der Waals surface area contributed by atoms with E-state index in [-0.39, 0.29) is 49.2 Å². The standard InChI is InChI=1S/C16H12N2O2.U/c17-15(13-8-9-14(19)18-16(13)20)12-7-3-5-10-4-1-2-6-11(10)12;/h1-6,13H,8-9H2,(H,18,19,20);/q-2;+2/t13-;/m0./s1. The second-order valence-corrected chi connectivity index (χ2v) is 4.83. The van der Waals surface area contributed by atoms with Crippen LogP contribution in [-0.2, 0) is 9.59 Å². The zero-order valence-electron chi connectivity index (χ0n) is 11.2. The van der Waals surface area contributed by atoms with Crippen molar-refractivity contribution in [1.29, 1.82) is 0 Å². The van der Waals surface area contributed by atoms with E-state index in [1.807, 2.05) is 30.3 Å². The number of nitrogens with zero attached hydrogens (tertiary/aromatic N) is 1. The van der Waals surface area contributed by atoms with Crippen LogP contribution in [0, 0.1) is 43.1 Å². The molecule has 4 nitrogen and oxygen atoms in total. The third kappa shape index (κ3) is 3.09. The molecule has 1 N–H and O–H groups in total. The summed E-state index contributed by atoms with van der Waals surface area (Å²) < 4.78 is 0. The smallest absolute Gasteiger partial charge is 0.858 e. The number of amides is 2. The molecule has 1 atom stereocenters. The summed E-state index contributed by atoms with van der Waals surface area (Å²) in [5, 5.41) is 14.5. The zero-order valence-corrected chi connectivity index (χ0v) is 15.4. The van der Waals surface area contributed by atoms with Crippen molar-refractivity contribution < 1.29 is 40.7 Å². The van der Waals surface area contributed by atoms with Gasteiger partial charge in [0.1, 0.15) is 0 Å². The summed E-state index contributed by atoms with van der Waals surface area (Å²) in [7, 11) is 0. The number of rotatable bonds is 2. The Balaban J connectivity index is 0.00000161. The number of hydrogen-bond acceptors (Lipinski definition) is 2. The summed E-state index contributed by atoms with van der Waals surface area (Å²) in [5.74, 6) is -1.42. The molecule has 21 heavy (non-hydrogen) atoms. The third-order valence-corrected chi connectivity index (χ3v) is 3.55. The molecule has 0 spiro atoms. The number of hydrogen-bond donors (Lipinski definition) is 1. The Morgan fingerprint density at radius 1 is 1.24 bits per heavy atom. The predicted molar refractivity (Wildman–Crippen MR) is 76.1 cm³/mol. The summed E-state index contributed by atoms with van der Waals surface area (Å²) >= 11 is 0. The summed E-state index contributed by atoms with van der Waals surface area (Å²) in [5.41, 5.74) is 0.504. The summed E-state index contributed by atoms with van der Waals surface area (Å²) in [6.45, 7) is 0. The molecule has 1 aliphatic rings. The number of imide groups is 1. The molecule has 2 aromatic rings. The number of benzene rings is 2. The van der Waals surface area contributed by atoms with Crippen LogP contribution in [0.1, 0.15) is 18.4 Å². The van der Waals surface area contributed by atoms with Crippen LogP contribution in [0.5, 0.6) is 0 Å². The van der Waals surface area contributed by atoms with Gasteiger partial charge in [-0.3, -0.25) is 20.6 Å². The number of fused-ring (bicyclic) bond motifs is 1. The van der Waals surface area contributed by atoms with Gasteiger partial charge in [0.15, 0.2) is 0 Å². The SMILES string of the molecule is [N-]=C(c1[c-]ccc2ccccc12)[C@@H]1CCC(=O)NC1=O.[U+2]. The van der Waals surface area contributed by atoms with Gasteiger partial charge in [-0.1, -0.05) is 24.3 Å². The Hall–Kier alpha value is -1.44. The van der Waals surface area contributed by atoms with Crippen molar-refractivity contribution in [2.75, 3.05) is 0 Å². The average Bonchev–Trinajstić information content (AvgIpc) is 2.46. The van der Waals surface area contributed by atoms with Crippen molar-refractivity contribution in [3.05, 3.63) is 53.4 Å². The van der Waals surface area contributed by atoms with Gasteiger partial charge in [0.05, 0.1) is 0 Å². The van der Waals surface area contributed by atoms with Crippen LogP contribution >= 0.6 is 0 Å². The van der Waals surface area contributed by atoms with Crippen LogP contribution in [0.2, 0.25) is 0 Å². The van der Waals surface area contributed by atoms with E-state index < -0.39 is 11.8 Å². The minimum atomic E-state index is -0.685. The van der Waals surface area contributed by atoms with Gasteiger partial charge in [-0.25, -0.2) is 0 Å². The Morgan fingerprint density at radius 2 is 2.00 bits per heavy atom. The Kier molecular flexibility index (Phi) is 4.97. The minimum absolute atomic E-state index is 0. The Bertz CT molecular complexity index is 722. The van der Waals surface area contributed by atoms with Crippen LogP contribution in [0.15, 0.2) is 36.4 Å². The summed E-state index contributed by atoms with van der Waals surface area (Å²) in [4.78, 5) is 23.0. The average molecular weight is 502 g/mol. The Labute approximate surface area is 146 Å². The number of nitrogens with one attached hydrogen (secondary N) is 1. The summed E-state index contributed by atoms with van der Waals surface area (Å²) in [6.07, 6.45) is 0.568. The van der Waals surface area contributed by atoms with Crippen molar-refractivity contribution in [2.24, 2.45) is 5.92 Å². The van der Waals surface area contributed by atoms with Gasteiger partial charge in [-0.15, -0.1) is 29.0 Å². The van der Waals surface area contributed by atoms with Gasteiger partial charge in [-0.2, -0.15) is 5.56 Å². The maximum atomic E-state index is 11.8. The molecule has 0 radical (unpaired) electrons. The van der Waals surface area contributed by atoms with Crippen LogP contribution in [0.25, 0.3) is 16.2 Å². The van der Waals surface area contributed by atoms with Gasteiger partial charge in [-0.05, 0) is 6.42 Å². The number of piperidine rings is 1. The zero-order chi connectivity index (χ0) is 14.1. The molecule has 5 heteroatoms. The van der Waals surface area contributed by atoms with Crippen LogP contribution in [-0.4, -0.2) is 17.5 Å². The second kappa shape index (κ2) is 6.55. The monoisotopic (exact) mass is 502 g/mol. The Morgan fingerprint density at radius 3 is 2.76 bits per heavy atom. The van der Waals surface area contributed by atoms with E-state index >= 15 is 0 Å². The van der Waals surface area contributed by atoms with E-state index in [4.69, 9.17) is 0 Å². The van der Waals surface area contributed by atoms with Gasteiger partial charge in [0.25, 0.3) is 0 Å². The molecular formula is C16H12N2O2U. The first-order valence-corrected chi connectivity index (χ1v) is 6.46. The number of carbonyl (C=O) groups excluding carboxylic acids is 2. The predicted octanol–water partition coefficient (Wildman–Crippen LogP) is 2.05. The fourth-order valence-electron chi connectivity index (χ4n) is 2.50. The van der Waals surface area contributed by atoms with E-state index in [0.717, 1.165) is 10.8 Å². The molecule has 0 saturated carbocycles. The van der Waals surface area contributed by atoms with E-state index in [1.165, 1.54) is 0 Å². The van der Waals surface area contributed by atoms with Crippen molar-refractivity contribution in [3.63, 3.8) is 0 Å². The van der Waals surface area contributed by atoms with E-state index in [9.17, 15) is 15.0 Å². The molecule has 1 fully saturated rings. The molecule has 0 bridgehead atoms. The van der Waals surface area contributed by atoms with E-state index in [2.05, 4.69) is 11.4 Å². The van der Waals surface area contributed by atoms with Crippen molar-refractivity contribution in [1.82, 2.24) is 5.32 Å².